The summed E-state index contributed by atoms with van der Waals surface area (Å²) in [5, 5.41) is 7.55. The van der Waals surface area contributed by atoms with Crippen molar-refractivity contribution in [3.63, 3.8) is 0 Å². The Bertz CT molecular complexity index is 419. The molecular weight excluding hydrogens is 230 g/mol. The standard InChI is InChI=1S/C12H21N5O/c1-16-7-11(13)12(15-16)14-5-10-6-17-4-2-3-9(17)8-18-10/h7,9-10H,2-6,8,13H2,1H3,(H,14,15). The predicted octanol–water partition coefficient (Wildman–Crippen LogP) is 0.277. The van der Waals surface area contributed by atoms with E-state index >= 15 is 0 Å². The lowest BCUT2D eigenvalue weighted by molar-refractivity contribution is -0.0416. The van der Waals surface area contributed by atoms with Gasteiger partial charge in [0.15, 0.2) is 5.82 Å². The van der Waals surface area contributed by atoms with Crippen molar-refractivity contribution >= 4 is 11.5 Å². The highest BCUT2D eigenvalue weighted by Gasteiger charge is 2.32. The van der Waals surface area contributed by atoms with E-state index in [0.29, 0.717) is 11.7 Å². The summed E-state index contributed by atoms with van der Waals surface area (Å²) in [7, 11) is 1.87. The summed E-state index contributed by atoms with van der Waals surface area (Å²) in [6, 6.07) is 0.654. The maximum atomic E-state index is 5.88. The zero-order chi connectivity index (χ0) is 12.5. The highest BCUT2D eigenvalue weighted by Crippen LogP contribution is 2.23. The van der Waals surface area contributed by atoms with Gasteiger partial charge in [-0.15, -0.1) is 0 Å². The summed E-state index contributed by atoms with van der Waals surface area (Å²) in [6.07, 6.45) is 4.63. The maximum Gasteiger partial charge on any atom is 0.171 e. The third-order valence-electron chi connectivity index (χ3n) is 3.82. The minimum Gasteiger partial charge on any atom is -0.394 e. The molecule has 2 aliphatic rings. The molecule has 2 saturated heterocycles. The molecule has 2 unspecified atom stereocenters. The van der Waals surface area contributed by atoms with Gasteiger partial charge in [-0.2, -0.15) is 5.10 Å². The van der Waals surface area contributed by atoms with Crippen LogP contribution in [0, 0.1) is 0 Å². The minimum atomic E-state index is 0.237. The lowest BCUT2D eigenvalue weighted by atomic mass is 10.2. The fourth-order valence-corrected chi connectivity index (χ4v) is 2.86. The van der Waals surface area contributed by atoms with Crippen LogP contribution in [0.2, 0.25) is 0 Å². The number of hydrogen-bond donors (Lipinski definition) is 2. The largest absolute Gasteiger partial charge is 0.394 e. The number of ether oxygens (including phenoxy) is 1. The van der Waals surface area contributed by atoms with Gasteiger partial charge in [-0.1, -0.05) is 0 Å². The third kappa shape index (κ3) is 2.30. The Hall–Kier alpha value is -1.27. The Morgan fingerprint density at radius 2 is 2.50 bits per heavy atom. The van der Waals surface area contributed by atoms with E-state index in [4.69, 9.17) is 10.5 Å². The number of nitrogens with two attached hydrogens (primary N) is 1. The molecule has 2 aliphatic heterocycles. The second-order valence-electron chi connectivity index (χ2n) is 5.23. The number of hydrogen-bond acceptors (Lipinski definition) is 5. The number of rotatable bonds is 3. The highest BCUT2D eigenvalue weighted by molar-refractivity contribution is 5.59. The van der Waals surface area contributed by atoms with E-state index in [1.807, 2.05) is 7.05 Å². The molecule has 0 bridgehead atoms. The minimum absolute atomic E-state index is 0.237. The second kappa shape index (κ2) is 4.78. The molecule has 100 valence electrons. The molecule has 0 amide bonds. The van der Waals surface area contributed by atoms with Gasteiger partial charge in [0.25, 0.3) is 0 Å². The lowest BCUT2D eigenvalue weighted by Crippen LogP contribution is -2.48. The van der Waals surface area contributed by atoms with E-state index in [0.717, 1.165) is 25.5 Å². The Balaban J connectivity index is 1.53. The molecule has 2 atom stereocenters. The smallest absolute Gasteiger partial charge is 0.171 e. The molecule has 0 aliphatic carbocycles. The molecule has 0 radical (unpaired) electrons. The van der Waals surface area contributed by atoms with Gasteiger partial charge in [-0.3, -0.25) is 9.58 Å². The molecule has 6 nitrogen and oxygen atoms in total. The molecule has 0 spiro atoms. The number of anilines is 2. The molecule has 18 heavy (non-hydrogen) atoms. The molecule has 0 aromatic carbocycles. The van der Waals surface area contributed by atoms with Gasteiger partial charge >= 0.3 is 0 Å². The number of nitrogens with zero attached hydrogens (tertiary/aromatic N) is 3. The average molecular weight is 251 g/mol. The van der Waals surface area contributed by atoms with Gasteiger partial charge < -0.3 is 15.8 Å². The van der Waals surface area contributed by atoms with Crippen molar-refractivity contribution in [1.29, 1.82) is 0 Å². The van der Waals surface area contributed by atoms with Crippen molar-refractivity contribution in [2.24, 2.45) is 7.05 Å². The van der Waals surface area contributed by atoms with Gasteiger partial charge in [0.2, 0.25) is 0 Å². The van der Waals surface area contributed by atoms with E-state index in [9.17, 15) is 0 Å². The average Bonchev–Trinajstić information content (AvgIpc) is 2.92. The molecule has 3 heterocycles. The quantitative estimate of drug-likeness (QED) is 0.807. The van der Waals surface area contributed by atoms with Crippen molar-refractivity contribution in [3.05, 3.63) is 6.20 Å². The van der Waals surface area contributed by atoms with Crippen LogP contribution in [0.1, 0.15) is 12.8 Å². The zero-order valence-electron chi connectivity index (χ0n) is 10.8. The van der Waals surface area contributed by atoms with E-state index < -0.39 is 0 Å². The first-order valence-corrected chi connectivity index (χ1v) is 6.61. The first-order chi connectivity index (χ1) is 8.72. The summed E-state index contributed by atoms with van der Waals surface area (Å²) in [5.41, 5.74) is 6.53. The van der Waals surface area contributed by atoms with Crippen LogP contribution in [0.5, 0.6) is 0 Å². The normalized spacial score (nSPS) is 28.3. The summed E-state index contributed by atoms with van der Waals surface area (Å²) < 4.78 is 7.60. The van der Waals surface area contributed by atoms with Crippen LogP contribution >= 0.6 is 0 Å². The molecule has 1 aromatic rings. The maximum absolute atomic E-state index is 5.88. The molecule has 1 aromatic heterocycles. The Kier molecular flexibility index (Phi) is 3.13. The van der Waals surface area contributed by atoms with E-state index in [2.05, 4.69) is 15.3 Å². The number of aryl methyl sites for hydroxylation is 1. The Morgan fingerprint density at radius 3 is 3.28 bits per heavy atom. The van der Waals surface area contributed by atoms with Gasteiger partial charge in [-0.05, 0) is 19.4 Å². The van der Waals surface area contributed by atoms with E-state index in [1.54, 1.807) is 10.9 Å². The Morgan fingerprint density at radius 1 is 1.61 bits per heavy atom. The van der Waals surface area contributed by atoms with Crippen LogP contribution in [0.25, 0.3) is 0 Å². The van der Waals surface area contributed by atoms with Gasteiger partial charge in [0, 0.05) is 32.4 Å². The van der Waals surface area contributed by atoms with Crippen LogP contribution in [0.3, 0.4) is 0 Å². The van der Waals surface area contributed by atoms with E-state index in [1.165, 1.54) is 19.4 Å². The number of morpholine rings is 1. The molecular formula is C12H21N5O. The van der Waals surface area contributed by atoms with Crippen molar-refractivity contribution in [1.82, 2.24) is 14.7 Å². The fraction of sp³-hybridized carbons (Fsp3) is 0.750. The molecule has 6 heteroatoms. The summed E-state index contributed by atoms with van der Waals surface area (Å²) >= 11 is 0. The van der Waals surface area contributed by atoms with Crippen LogP contribution in [0.4, 0.5) is 11.5 Å². The third-order valence-corrected chi connectivity index (χ3v) is 3.82. The molecule has 3 rings (SSSR count). The summed E-state index contributed by atoms with van der Waals surface area (Å²) in [5.74, 6) is 0.754. The van der Waals surface area contributed by atoms with Gasteiger partial charge in [-0.25, -0.2) is 0 Å². The van der Waals surface area contributed by atoms with Crippen molar-refractivity contribution in [2.75, 3.05) is 37.3 Å². The van der Waals surface area contributed by atoms with Crippen molar-refractivity contribution < 1.29 is 4.74 Å². The van der Waals surface area contributed by atoms with Gasteiger partial charge in [0.05, 0.1) is 18.4 Å². The monoisotopic (exact) mass is 251 g/mol. The van der Waals surface area contributed by atoms with Crippen LogP contribution in [-0.2, 0) is 11.8 Å². The summed E-state index contributed by atoms with van der Waals surface area (Å²) in [6.45, 7) is 3.87. The summed E-state index contributed by atoms with van der Waals surface area (Å²) in [4.78, 5) is 2.54. The number of aromatic nitrogens is 2. The molecule has 0 saturated carbocycles. The fourth-order valence-electron chi connectivity index (χ4n) is 2.86. The predicted molar refractivity (Wildman–Crippen MR) is 70.4 cm³/mol. The SMILES string of the molecule is Cn1cc(N)c(NCC2CN3CCCC3CO2)n1. The van der Waals surface area contributed by atoms with E-state index in [-0.39, 0.29) is 6.10 Å². The molecule has 2 fully saturated rings. The van der Waals surface area contributed by atoms with Crippen LogP contribution < -0.4 is 11.1 Å². The molecule has 3 N–H and O–H groups in total. The topological polar surface area (TPSA) is 68.3 Å². The van der Waals surface area contributed by atoms with Crippen molar-refractivity contribution in [2.45, 2.75) is 25.0 Å². The lowest BCUT2D eigenvalue weighted by Gasteiger charge is -2.35. The highest BCUT2D eigenvalue weighted by atomic mass is 16.5. The Labute approximate surface area is 107 Å². The van der Waals surface area contributed by atoms with Crippen molar-refractivity contribution in [3.8, 4) is 0 Å². The zero-order valence-corrected chi connectivity index (χ0v) is 10.8. The number of nitrogen functional groups attached to an aromatic ring is 1. The number of fused-ring (bicyclic) bond motifs is 1. The number of nitrogens with one attached hydrogen (secondary N) is 1. The van der Waals surface area contributed by atoms with Gasteiger partial charge in [0.1, 0.15) is 0 Å². The van der Waals surface area contributed by atoms with Crippen LogP contribution in [-0.4, -0.2) is 53.1 Å². The van der Waals surface area contributed by atoms with Crippen LogP contribution in [0.15, 0.2) is 6.20 Å². The second-order valence-corrected chi connectivity index (χ2v) is 5.23. The first-order valence-electron chi connectivity index (χ1n) is 6.61. The first kappa shape index (κ1) is 11.8.